The average Bonchev–Trinajstić information content (AvgIpc) is 3.42. The van der Waals surface area contributed by atoms with Gasteiger partial charge in [0, 0.05) is 62.5 Å². The van der Waals surface area contributed by atoms with Crippen LogP contribution in [-0.2, 0) is 9.53 Å². The molecular formula is C26H33N5O4S2. The highest BCUT2D eigenvalue weighted by atomic mass is 32.2. The highest BCUT2D eigenvalue weighted by Crippen LogP contribution is 2.32. The first-order chi connectivity index (χ1) is 18.0. The molecular weight excluding hydrogens is 510 g/mol. The first-order valence-corrected chi connectivity index (χ1v) is 14.5. The lowest BCUT2D eigenvalue weighted by Crippen LogP contribution is -2.50. The predicted octanol–water partition coefficient (Wildman–Crippen LogP) is 3.16. The molecule has 198 valence electrons. The van der Waals surface area contributed by atoms with Gasteiger partial charge in [-0.3, -0.25) is 19.3 Å². The van der Waals surface area contributed by atoms with Crippen LogP contribution < -0.4 is 0 Å². The molecule has 2 saturated heterocycles. The second-order valence-electron chi connectivity index (χ2n) is 8.97. The molecule has 0 bridgehead atoms. The van der Waals surface area contributed by atoms with Crippen molar-refractivity contribution in [2.24, 2.45) is 0 Å². The fourth-order valence-electron chi connectivity index (χ4n) is 4.54. The Kier molecular flexibility index (Phi) is 9.70. The molecule has 2 aliphatic rings. The van der Waals surface area contributed by atoms with E-state index in [0.29, 0.717) is 62.9 Å². The van der Waals surface area contributed by atoms with Crippen molar-refractivity contribution in [3.63, 3.8) is 0 Å². The van der Waals surface area contributed by atoms with Gasteiger partial charge in [0.15, 0.2) is 0 Å². The Morgan fingerprint density at radius 2 is 1.86 bits per heavy atom. The van der Waals surface area contributed by atoms with Crippen LogP contribution in [0.15, 0.2) is 41.4 Å². The zero-order valence-electron chi connectivity index (χ0n) is 21.1. The number of carbonyl (C=O) groups excluding carboxylic acids is 3. The van der Waals surface area contributed by atoms with Crippen molar-refractivity contribution in [2.75, 3.05) is 58.2 Å². The Bertz CT molecular complexity index is 1110. The van der Waals surface area contributed by atoms with Gasteiger partial charge in [-0.1, -0.05) is 6.08 Å². The van der Waals surface area contributed by atoms with E-state index in [4.69, 9.17) is 9.72 Å². The first-order valence-electron chi connectivity index (χ1n) is 12.6. The van der Waals surface area contributed by atoms with E-state index in [1.165, 1.54) is 23.1 Å². The Morgan fingerprint density at radius 3 is 2.57 bits per heavy atom. The molecule has 2 aromatic heterocycles. The van der Waals surface area contributed by atoms with Crippen LogP contribution >= 0.6 is 23.1 Å². The van der Waals surface area contributed by atoms with Crippen LogP contribution in [0.3, 0.4) is 0 Å². The normalized spacial score (nSPS) is 17.0. The monoisotopic (exact) mass is 543 g/mol. The third kappa shape index (κ3) is 6.97. The molecule has 4 rings (SSSR count). The molecule has 0 radical (unpaired) electrons. The lowest BCUT2D eigenvalue weighted by molar-refractivity contribution is -0.144. The largest absolute Gasteiger partial charge is 0.465 e. The minimum Gasteiger partial charge on any atom is -0.465 e. The standard InChI is InChI=1S/C26H33N5O4S2/c1-3-16-36-24-20(6-5-9-27-24)25(33)30-10-7-19(8-11-30)23-28-21(18-37-23)26(34)31-14-12-29(13-15-31)17-22(32)35-4-2/h3,5-6,9,18-19H,1,4,7-8,10-17H2,2H3. The van der Waals surface area contributed by atoms with Crippen LogP contribution in [0.1, 0.15) is 51.5 Å². The molecule has 0 aliphatic carbocycles. The quantitative estimate of drug-likeness (QED) is 0.270. The van der Waals surface area contributed by atoms with E-state index < -0.39 is 0 Å². The Hall–Kier alpha value is -2.76. The van der Waals surface area contributed by atoms with Crippen LogP contribution in [0, 0.1) is 0 Å². The fraction of sp³-hybridized carbons (Fsp3) is 0.500. The molecule has 2 aliphatic heterocycles. The summed E-state index contributed by atoms with van der Waals surface area (Å²) in [6, 6.07) is 3.63. The summed E-state index contributed by atoms with van der Waals surface area (Å²) in [4.78, 5) is 52.7. The number of esters is 1. The lowest BCUT2D eigenvalue weighted by Gasteiger charge is -2.33. The Balaban J connectivity index is 1.28. The summed E-state index contributed by atoms with van der Waals surface area (Å²) in [6.45, 7) is 9.87. The van der Waals surface area contributed by atoms with Crippen LogP contribution in [-0.4, -0.2) is 101 Å². The number of hydrogen-bond acceptors (Lipinski definition) is 9. The second-order valence-corrected chi connectivity index (χ2v) is 10.9. The fourth-order valence-corrected chi connectivity index (χ4v) is 6.23. The molecule has 0 spiro atoms. The van der Waals surface area contributed by atoms with Crippen molar-refractivity contribution in [3.8, 4) is 0 Å². The molecule has 4 heterocycles. The SMILES string of the molecule is C=CCSc1ncccc1C(=O)N1CCC(c2nc(C(=O)N3CCN(CC(=O)OCC)CC3)cs2)CC1. The molecule has 2 amide bonds. The summed E-state index contributed by atoms with van der Waals surface area (Å²) in [7, 11) is 0. The number of amides is 2. The number of thiazole rings is 1. The second kappa shape index (κ2) is 13.2. The van der Waals surface area contributed by atoms with Crippen LogP contribution in [0.5, 0.6) is 0 Å². The van der Waals surface area contributed by atoms with Gasteiger partial charge in [0.1, 0.15) is 10.7 Å². The maximum Gasteiger partial charge on any atom is 0.320 e. The number of nitrogens with zero attached hydrogens (tertiary/aromatic N) is 5. The number of ether oxygens (including phenoxy) is 1. The van der Waals surface area contributed by atoms with E-state index in [-0.39, 0.29) is 30.2 Å². The molecule has 0 atom stereocenters. The van der Waals surface area contributed by atoms with Crippen molar-refractivity contribution in [3.05, 3.63) is 52.6 Å². The molecule has 9 nitrogen and oxygen atoms in total. The van der Waals surface area contributed by atoms with Crippen molar-refractivity contribution in [1.82, 2.24) is 24.7 Å². The molecule has 0 N–H and O–H groups in total. The van der Waals surface area contributed by atoms with Gasteiger partial charge in [-0.2, -0.15) is 0 Å². The van der Waals surface area contributed by atoms with Gasteiger partial charge in [-0.15, -0.1) is 29.7 Å². The zero-order valence-corrected chi connectivity index (χ0v) is 22.8. The number of carbonyl (C=O) groups is 3. The summed E-state index contributed by atoms with van der Waals surface area (Å²) in [5, 5.41) is 3.54. The molecule has 0 aromatic carbocycles. The number of hydrogen-bond donors (Lipinski definition) is 0. The number of pyridine rings is 1. The summed E-state index contributed by atoms with van der Waals surface area (Å²) >= 11 is 3.04. The smallest absolute Gasteiger partial charge is 0.320 e. The summed E-state index contributed by atoms with van der Waals surface area (Å²) in [5.74, 6) is 0.655. The van der Waals surface area contributed by atoms with Gasteiger partial charge >= 0.3 is 5.97 Å². The van der Waals surface area contributed by atoms with E-state index in [0.717, 1.165) is 22.9 Å². The Labute approximate surface area is 225 Å². The van der Waals surface area contributed by atoms with Crippen molar-refractivity contribution >= 4 is 40.9 Å². The average molecular weight is 544 g/mol. The number of thioether (sulfide) groups is 1. The van der Waals surface area contributed by atoms with Gasteiger partial charge in [0.25, 0.3) is 11.8 Å². The van der Waals surface area contributed by atoms with Gasteiger partial charge in [-0.25, -0.2) is 9.97 Å². The zero-order chi connectivity index (χ0) is 26.2. The predicted molar refractivity (Wildman–Crippen MR) is 144 cm³/mol. The van der Waals surface area contributed by atoms with E-state index >= 15 is 0 Å². The maximum absolute atomic E-state index is 13.2. The molecule has 2 fully saturated rings. The minimum atomic E-state index is -0.230. The maximum atomic E-state index is 13.2. The Morgan fingerprint density at radius 1 is 1.14 bits per heavy atom. The molecule has 11 heteroatoms. The van der Waals surface area contributed by atoms with Crippen molar-refractivity contribution in [1.29, 1.82) is 0 Å². The van der Waals surface area contributed by atoms with E-state index in [1.54, 1.807) is 30.2 Å². The van der Waals surface area contributed by atoms with Crippen LogP contribution in [0.2, 0.25) is 0 Å². The number of piperazine rings is 1. The summed E-state index contributed by atoms with van der Waals surface area (Å²) < 4.78 is 5.01. The molecule has 0 unspecified atom stereocenters. The van der Waals surface area contributed by atoms with Gasteiger partial charge < -0.3 is 14.5 Å². The van der Waals surface area contributed by atoms with E-state index in [9.17, 15) is 14.4 Å². The van der Waals surface area contributed by atoms with Crippen LogP contribution in [0.4, 0.5) is 0 Å². The van der Waals surface area contributed by atoms with Gasteiger partial charge in [0.2, 0.25) is 0 Å². The van der Waals surface area contributed by atoms with E-state index in [2.05, 4.69) is 11.6 Å². The van der Waals surface area contributed by atoms with Gasteiger partial charge in [0.05, 0.1) is 23.7 Å². The first kappa shape index (κ1) is 27.3. The summed E-state index contributed by atoms with van der Waals surface area (Å²) in [6.07, 6.45) is 5.14. The number of rotatable bonds is 9. The highest BCUT2D eigenvalue weighted by Gasteiger charge is 2.29. The van der Waals surface area contributed by atoms with Crippen molar-refractivity contribution in [2.45, 2.75) is 30.7 Å². The van der Waals surface area contributed by atoms with E-state index in [1.807, 2.05) is 21.2 Å². The number of aromatic nitrogens is 2. The minimum absolute atomic E-state index is 0.00946. The number of piperidine rings is 1. The third-order valence-electron chi connectivity index (χ3n) is 6.53. The third-order valence-corrected chi connectivity index (χ3v) is 8.54. The molecule has 0 saturated carbocycles. The van der Waals surface area contributed by atoms with Gasteiger partial charge in [-0.05, 0) is 31.9 Å². The molecule has 2 aromatic rings. The lowest BCUT2D eigenvalue weighted by atomic mass is 9.97. The molecule has 37 heavy (non-hydrogen) atoms. The van der Waals surface area contributed by atoms with Crippen molar-refractivity contribution < 1.29 is 19.1 Å². The topological polar surface area (TPSA) is 95.9 Å². The van der Waals surface area contributed by atoms with Crippen LogP contribution in [0.25, 0.3) is 0 Å². The summed E-state index contributed by atoms with van der Waals surface area (Å²) in [5.41, 5.74) is 1.12. The number of likely N-dealkylation sites (tertiary alicyclic amines) is 1. The highest BCUT2D eigenvalue weighted by molar-refractivity contribution is 7.99.